The number of thiophene rings is 1. The van der Waals surface area contributed by atoms with E-state index in [9.17, 15) is 0 Å². The highest BCUT2D eigenvalue weighted by Crippen LogP contribution is 2.36. The lowest BCUT2D eigenvalue weighted by atomic mass is 10.3. The lowest BCUT2D eigenvalue weighted by Gasteiger charge is -1.97. The Morgan fingerprint density at radius 1 is 1.42 bits per heavy atom. The van der Waals surface area contributed by atoms with Gasteiger partial charge >= 0.3 is 0 Å². The zero-order valence-corrected chi connectivity index (χ0v) is 11.3. The Morgan fingerprint density at radius 2 is 2.17 bits per heavy atom. The van der Waals surface area contributed by atoms with Crippen LogP contribution in [0, 0.1) is 3.57 Å². The number of fused-ring (bicyclic) bond motifs is 1. The third-order valence-electron chi connectivity index (χ3n) is 1.61. The Bertz CT molecular complexity index is 436. The van der Waals surface area contributed by atoms with E-state index in [1.54, 1.807) is 11.3 Å². The Kier molecular flexibility index (Phi) is 2.69. The summed E-state index contributed by atoms with van der Waals surface area (Å²) < 4.78 is 3.70. The highest BCUT2D eigenvalue weighted by atomic mass is 127. The molecule has 4 heteroatoms. The molecule has 0 N–H and O–H groups in total. The molecule has 0 bridgehead atoms. The van der Waals surface area contributed by atoms with Crippen LogP contribution in [0.5, 0.6) is 0 Å². The largest absolute Gasteiger partial charge is 0.142 e. The smallest absolute Gasteiger partial charge is 0.0507 e. The van der Waals surface area contributed by atoms with Crippen LogP contribution >= 0.6 is 62.5 Å². The molecule has 0 saturated carbocycles. The summed E-state index contributed by atoms with van der Waals surface area (Å²) in [7, 11) is 0. The van der Waals surface area contributed by atoms with E-state index in [-0.39, 0.29) is 0 Å². The van der Waals surface area contributed by atoms with Crippen molar-refractivity contribution in [1.82, 2.24) is 0 Å². The van der Waals surface area contributed by atoms with Crippen LogP contribution in [0.2, 0.25) is 0 Å². The van der Waals surface area contributed by atoms with Gasteiger partial charge < -0.3 is 0 Å². The van der Waals surface area contributed by atoms with Crippen LogP contribution in [0.25, 0.3) is 10.1 Å². The van der Waals surface area contributed by atoms with Gasteiger partial charge in [-0.3, -0.25) is 0 Å². The molecule has 0 fully saturated rings. The second kappa shape index (κ2) is 3.48. The first-order chi connectivity index (χ1) is 5.70. The van der Waals surface area contributed by atoms with Crippen molar-refractivity contribution in [2.75, 3.05) is 0 Å². The van der Waals surface area contributed by atoms with Gasteiger partial charge in [-0.25, -0.2) is 0 Å². The highest BCUT2D eigenvalue weighted by molar-refractivity contribution is 14.1. The Hall–Kier alpha value is 0.740. The lowest BCUT2D eigenvalue weighted by molar-refractivity contribution is 1.49. The van der Waals surface area contributed by atoms with Crippen molar-refractivity contribution < 1.29 is 0 Å². The number of hydrogen-bond donors (Lipinski definition) is 1. The van der Waals surface area contributed by atoms with Crippen LogP contribution in [0.3, 0.4) is 0 Å². The van der Waals surface area contributed by atoms with Crippen LogP contribution in [0.4, 0.5) is 0 Å². The van der Waals surface area contributed by atoms with E-state index in [4.69, 9.17) is 0 Å². The highest BCUT2D eigenvalue weighted by Gasteiger charge is 2.06. The summed E-state index contributed by atoms with van der Waals surface area (Å²) in [5, 5.41) is 3.47. The van der Waals surface area contributed by atoms with Crippen LogP contribution in [-0.2, 0) is 0 Å². The van der Waals surface area contributed by atoms with Crippen molar-refractivity contribution in [3.8, 4) is 0 Å². The quantitative estimate of drug-likeness (QED) is 0.510. The predicted molar refractivity (Wildman–Crippen MR) is 69.5 cm³/mol. The van der Waals surface area contributed by atoms with E-state index in [2.05, 4.69) is 62.6 Å². The maximum atomic E-state index is 4.34. The van der Waals surface area contributed by atoms with E-state index < -0.39 is 0 Å². The fourth-order valence-corrected chi connectivity index (χ4v) is 3.79. The fraction of sp³-hybridized carbons (Fsp3) is 0. The van der Waals surface area contributed by atoms with E-state index in [0.717, 1.165) is 9.37 Å². The van der Waals surface area contributed by atoms with Crippen LogP contribution < -0.4 is 0 Å². The maximum absolute atomic E-state index is 4.34. The molecular weight excluding hydrogens is 367 g/mol. The van der Waals surface area contributed by atoms with Crippen LogP contribution in [-0.4, -0.2) is 0 Å². The minimum Gasteiger partial charge on any atom is -0.142 e. The van der Waals surface area contributed by atoms with Gasteiger partial charge in [0.05, 0.1) is 4.70 Å². The molecular formula is C8H4BrIS2. The lowest BCUT2D eigenvalue weighted by Crippen LogP contribution is -1.71. The minimum atomic E-state index is 1.00. The van der Waals surface area contributed by atoms with Crippen LogP contribution in [0.15, 0.2) is 26.9 Å². The molecule has 1 aromatic heterocycles. The average Bonchev–Trinajstić information content (AvgIpc) is 2.41. The molecule has 2 rings (SSSR count). The Morgan fingerprint density at radius 3 is 2.92 bits per heavy atom. The van der Waals surface area contributed by atoms with E-state index in [1.807, 2.05) is 6.07 Å². The molecule has 0 radical (unpaired) electrons. The van der Waals surface area contributed by atoms with Crippen molar-refractivity contribution >= 4 is 72.6 Å². The molecule has 0 amide bonds. The fourth-order valence-electron chi connectivity index (χ4n) is 1.02. The van der Waals surface area contributed by atoms with Crippen molar-refractivity contribution in [2.45, 2.75) is 4.90 Å². The summed E-state index contributed by atoms with van der Waals surface area (Å²) in [6, 6.07) is 4.13. The van der Waals surface area contributed by atoms with Crippen molar-refractivity contribution in [3.63, 3.8) is 0 Å². The first-order valence-electron chi connectivity index (χ1n) is 3.24. The summed E-state index contributed by atoms with van der Waals surface area (Å²) in [6.45, 7) is 0. The molecule has 12 heavy (non-hydrogen) atoms. The molecule has 0 aliphatic carbocycles. The number of halogens is 2. The van der Waals surface area contributed by atoms with E-state index in [0.29, 0.717) is 0 Å². The molecule has 0 atom stereocenters. The van der Waals surface area contributed by atoms with Gasteiger partial charge in [-0.1, -0.05) is 6.07 Å². The van der Waals surface area contributed by atoms with E-state index >= 15 is 0 Å². The third kappa shape index (κ3) is 1.42. The zero-order chi connectivity index (χ0) is 8.72. The second-order valence-electron chi connectivity index (χ2n) is 2.36. The number of benzene rings is 1. The second-order valence-corrected chi connectivity index (χ2v) is 5.68. The van der Waals surface area contributed by atoms with Gasteiger partial charge in [0.15, 0.2) is 0 Å². The SMILES string of the molecule is Sc1ccc2c(I)csc2c1Br. The summed E-state index contributed by atoms with van der Waals surface area (Å²) >= 11 is 12.0. The number of thiol groups is 1. The molecule has 0 unspecified atom stereocenters. The standard InChI is InChI=1S/C8H4BrIS2/c9-7-6(11)2-1-4-5(10)3-12-8(4)7/h1-3,11H. The summed E-state index contributed by atoms with van der Waals surface area (Å²) in [5.41, 5.74) is 0. The first-order valence-corrected chi connectivity index (χ1v) is 6.44. The normalized spacial score (nSPS) is 10.9. The van der Waals surface area contributed by atoms with Crippen LogP contribution in [0.1, 0.15) is 0 Å². The summed E-state index contributed by atoms with van der Waals surface area (Å²) in [5.74, 6) is 0. The third-order valence-corrected chi connectivity index (χ3v) is 5.71. The average molecular weight is 371 g/mol. The molecule has 1 heterocycles. The molecule has 0 aliphatic heterocycles. The van der Waals surface area contributed by atoms with E-state index in [1.165, 1.54) is 13.7 Å². The van der Waals surface area contributed by atoms with Gasteiger partial charge in [-0.15, -0.1) is 24.0 Å². The molecule has 0 saturated heterocycles. The summed E-state index contributed by atoms with van der Waals surface area (Å²) in [6.07, 6.45) is 0. The van der Waals surface area contributed by atoms with Gasteiger partial charge in [0.1, 0.15) is 0 Å². The zero-order valence-electron chi connectivity index (χ0n) is 5.84. The van der Waals surface area contributed by atoms with Gasteiger partial charge in [0.2, 0.25) is 0 Å². The maximum Gasteiger partial charge on any atom is 0.0507 e. The van der Waals surface area contributed by atoms with Crippen molar-refractivity contribution in [2.24, 2.45) is 0 Å². The van der Waals surface area contributed by atoms with Gasteiger partial charge in [0.25, 0.3) is 0 Å². The molecule has 1 aromatic carbocycles. The monoisotopic (exact) mass is 370 g/mol. The number of rotatable bonds is 0. The molecule has 0 aliphatic rings. The number of hydrogen-bond acceptors (Lipinski definition) is 2. The first kappa shape index (κ1) is 9.30. The van der Waals surface area contributed by atoms with Gasteiger partial charge in [-0.05, 0) is 44.6 Å². The van der Waals surface area contributed by atoms with Gasteiger partial charge in [0, 0.05) is 23.7 Å². The molecule has 62 valence electrons. The minimum absolute atomic E-state index is 1.00. The Balaban J connectivity index is 2.93. The van der Waals surface area contributed by atoms with Crippen molar-refractivity contribution in [3.05, 3.63) is 25.6 Å². The molecule has 0 nitrogen and oxygen atoms in total. The summed E-state index contributed by atoms with van der Waals surface area (Å²) in [4.78, 5) is 1.00. The molecule has 2 aromatic rings. The predicted octanol–water partition coefficient (Wildman–Crippen LogP) is 4.56. The molecule has 0 spiro atoms. The topological polar surface area (TPSA) is 0 Å². The van der Waals surface area contributed by atoms with Crippen molar-refractivity contribution in [1.29, 1.82) is 0 Å². The van der Waals surface area contributed by atoms with Gasteiger partial charge in [-0.2, -0.15) is 0 Å². The Labute approximate surface area is 102 Å².